The number of fused-ring (bicyclic) bond motifs is 1. The minimum Gasteiger partial charge on any atom is -0.454 e. The van der Waals surface area contributed by atoms with E-state index >= 15 is 0 Å². The number of ether oxygens (including phenoxy) is 2. The van der Waals surface area contributed by atoms with E-state index in [1.54, 1.807) is 0 Å². The Kier molecular flexibility index (Phi) is 5.35. The molecular weight excluding hydrogens is 382 g/mol. The van der Waals surface area contributed by atoms with E-state index in [-0.39, 0.29) is 5.91 Å². The molecule has 1 aromatic heterocycles. The molecule has 0 aliphatic carbocycles. The molecule has 0 bridgehead atoms. The number of hydrogen-bond acceptors (Lipinski definition) is 6. The van der Waals surface area contributed by atoms with Gasteiger partial charge in [0.2, 0.25) is 6.79 Å². The van der Waals surface area contributed by atoms with Gasteiger partial charge in [-0.2, -0.15) is 5.10 Å². The molecule has 0 radical (unpaired) electrons. The number of carbonyl (C=O) groups excluding carboxylic acids is 1. The van der Waals surface area contributed by atoms with Gasteiger partial charge in [-0.3, -0.25) is 19.7 Å². The van der Waals surface area contributed by atoms with Gasteiger partial charge < -0.3 is 14.4 Å². The van der Waals surface area contributed by atoms with Crippen molar-refractivity contribution in [2.45, 2.75) is 32.4 Å². The number of aromatic nitrogens is 2. The lowest BCUT2D eigenvalue weighted by Gasteiger charge is -2.43. The number of rotatable bonds is 4. The minimum absolute atomic E-state index is 0.0468. The Morgan fingerprint density at radius 3 is 2.77 bits per heavy atom. The van der Waals surface area contributed by atoms with Gasteiger partial charge in [-0.15, -0.1) is 0 Å². The molecule has 30 heavy (non-hydrogen) atoms. The summed E-state index contributed by atoms with van der Waals surface area (Å²) in [6, 6.07) is 8.50. The third-order valence-electron chi connectivity index (χ3n) is 6.38. The Bertz CT molecular complexity index is 906. The third-order valence-corrected chi connectivity index (χ3v) is 6.38. The van der Waals surface area contributed by atoms with Crippen molar-refractivity contribution in [3.63, 3.8) is 0 Å². The zero-order valence-corrected chi connectivity index (χ0v) is 17.5. The molecular formula is C22H29N5O3. The highest BCUT2D eigenvalue weighted by Gasteiger charge is 2.31. The number of aromatic amines is 1. The number of nitrogens with one attached hydrogen (secondary N) is 1. The van der Waals surface area contributed by atoms with E-state index in [0.29, 0.717) is 18.5 Å². The molecule has 8 nitrogen and oxygen atoms in total. The molecule has 4 heterocycles. The van der Waals surface area contributed by atoms with Gasteiger partial charge in [0.25, 0.3) is 5.91 Å². The van der Waals surface area contributed by atoms with E-state index in [9.17, 15) is 4.79 Å². The van der Waals surface area contributed by atoms with Gasteiger partial charge in [-0.25, -0.2) is 0 Å². The smallest absolute Gasteiger partial charge is 0.274 e. The van der Waals surface area contributed by atoms with E-state index in [1.807, 2.05) is 24.0 Å². The first-order valence-electron chi connectivity index (χ1n) is 10.8. The summed E-state index contributed by atoms with van der Waals surface area (Å²) in [5.41, 5.74) is 2.71. The Balaban J connectivity index is 1.14. The molecule has 1 aromatic carbocycles. The normalized spacial score (nSPS) is 22.4. The summed E-state index contributed by atoms with van der Waals surface area (Å²) < 4.78 is 10.9. The van der Waals surface area contributed by atoms with Crippen LogP contribution in [0.15, 0.2) is 24.3 Å². The van der Waals surface area contributed by atoms with Crippen molar-refractivity contribution in [1.29, 1.82) is 0 Å². The molecule has 0 unspecified atom stereocenters. The summed E-state index contributed by atoms with van der Waals surface area (Å²) >= 11 is 0. The van der Waals surface area contributed by atoms with Crippen LogP contribution >= 0.6 is 0 Å². The van der Waals surface area contributed by atoms with Gasteiger partial charge in [0.05, 0.1) is 0 Å². The second-order valence-corrected chi connectivity index (χ2v) is 8.48. The fourth-order valence-corrected chi connectivity index (χ4v) is 4.71. The maximum absolute atomic E-state index is 12.8. The van der Waals surface area contributed by atoms with E-state index in [2.05, 4.69) is 32.1 Å². The van der Waals surface area contributed by atoms with Crippen LogP contribution in [-0.2, 0) is 6.54 Å². The Hall–Kier alpha value is -2.58. The first kappa shape index (κ1) is 19.4. The van der Waals surface area contributed by atoms with Crippen molar-refractivity contribution in [1.82, 2.24) is 24.9 Å². The molecule has 5 rings (SSSR count). The summed E-state index contributed by atoms with van der Waals surface area (Å²) in [4.78, 5) is 19.8. The predicted molar refractivity (Wildman–Crippen MR) is 112 cm³/mol. The SMILES string of the molecule is Cc1cc(C(=O)N2CCC[C@@H](N3CCN(Cc4ccc5c(c4)OCO5)CC3)C2)n[nH]1. The zero-order valence-electron chi connectivity index (χ0n) is 17.5. The van der Waals surface area contributed by atoms with Gasteiger partial charge in [-0.1, -0.05) is 6.07 Å². The van der Waals surface area contributed by atoms with Crippen LogP contribution in [0.3, 0.4) is 0 Å². The van der Waals surface area contributed by atoms with Crippen LogP contribution in [0.5, 0.6) is 11.5 Å². The highest BCUT2D eigenvalue weighted by molar-refractivity contribution is 5.92. The lowest BCUT2D eigenvalue weighted by atomic mass is 10.0. The molecule has 1 atom stereocenters. The molecule has 3 aliphatic rings. The molecule has 0 saturated carbocycles. The Morgan fingerprint density at radius 1 is 1.13 bits per heavy atom. The van der Waals surface area contributed by atoms with Gasteiger partial charge in [0, 0.05) is 57.5 Å². The second-order valence-electron chi connectivity index (χ2n) is 8.48. The van der Waals surface area contributed by atoms with Crippen LogP contribution in [0.2, 0.25) is 0 Å². The van der Waals surface area contributed by atoms with E-state index in [1.165, 1.54) is 5.56 Å². The average Bonchev–Trinajstić information content (AvgIpc) is 3.42. The van der Waals surface area contributed by atoms with Crippen LogP contribution in [0.25, 0.3) is 0 Å². The first-order valence-corrected chi connectivity index (χ1v) is 10.8. The highest BCUT2D eigenvalue weighted by Crippen LogP contribution is 2.33. The van der Waals surface area contributed by atoms with Crippen LogP contribution < -0.4 is 9.47 Å². The lowest BCUT2D eigenvalue weighted by molar-refractivity contribution is 0.0404. The number of piperazine rings is 1. The average molecular weight is 412 g/mol. The largest absolute Gasteiger partial charge is 0.454 e. The van der Waals surface area contributed by atoms with Gasteiger partial charge in [0.1, 0.15) is 5.69 Å². The Labute approximate surface area is 176 Å². The summed E-state index contributed by atoms with van der Waals surface area (Å²) in [5, 5.41) is 7.02. The minimum atomic E-state index is 0.0468. The number of benzene rings is 1. The quantitative estimate of drug-likeness (QED) is 0.828. The summed E-state index contributed by atoms with van der Waals surface area (Å²) in [6.07, 6.45) is 2.21. The van der Waals surface area contributed by atoms with E-state index < -0.39 is 0 Å². The Morgan fingerprint density at radius 2 is 1.97 bits per heavy atom. The zero-order chi connectivity index (χ0) is 20.5. The van der Waals surface area contributed by atoms with Crippen molar-refractivity contribution >= 4 is 5.91 Å². The fraction of sp³-hybridized carbons (Fsp3) is 0.545. The van der Waals surface area contributed by atoms with Gasteiger partial charge in [0.15, 0.2) is 11.5 Å². The molecule has 0 spiro atoms. The summed E-state index contributed by atoms with van der Waals surface area (Å²) in [7, 11) is 0. The topological polar surface area (TPSA) is 73.9 Å². The third kappa shape index (κ3) is 4.02. The molecule has 8 heteroatoms. The van der Waals surface area contributed by atoms with Gasteiger partial charge in [-0.05, 0) is 43.5 Å². The molecule has 2 saturated heterocycles. The van der Waals surface area contributed by atoms with E-state index in [4.69, 9.17) is 9.47 Å². The predicted octanol–water partition coefficient (Wildman–Crippen LogP) is 1.87. The summed E-state index contributed by atoms with van der Waals surface area (Å²) in [6.45, 7) is 8.95. The van der Waals surface area contributed by atoms with E-state index in [0.717, 1.165) is 75.8 Å². The molecule has 1 amide bonds. The number of hydrogen-bond donors (Lipinski definition) is 1. The number of amides is 1. The number of aryl methyl sites for hydroxylation is 1. The van der Waals surface area contributed by atoms with Crippen LogP contribution in [-0.4, -0.2) is 82.9 Å². The molecule has 160 valence electrons. The standard InChI is InChI=1S/C22H29N5O3/c1-16-11-19(24-23-16)22(28)27-6-2-3-18(14-27)26-9-7-25(8-10-26)13-17-4-5-20-21(12-17)30-15-29-20/h4-5,11-12,18H,2-3,6-10,13-15H2,1H3,(H,23,24)/t18-/m1/s1. The number of nitrogens with zero attached hydrogens (tertiary/aromatic N) is 4. The van der Waals surface area contributed by atoms with Crippen molar-refractivity contribution in [3.8, 4) is 11.5 Å². The molecule has 2 aromatic rings. The summed E-state index contributed by atoms with van der Waals surface area (Å²) in [5.74, 6) is 1.74. The van der Waals surface area contributed by atoms with Crippen LogP contribution in [0.1, 0.15) is 34.6 Å². The van der Waals surface area contributed by atoms with Crippen molar-refractivity contribution < 1.29 is 14.3 Å². The second kappa shape index (κ2) is 8.28. The number of H-pyrrole nitrogens is 1. The number of carbonyl (C=O) groups is 1. The van der Waals surface area contributed by atoms with Crippen molar-refractivity contribution in [2.75, 3.05) is 46.1 Å². The highest BCUT2D eigenvalue weighted by atomic mass is 16.7. The fourth-order valence-electron chi connectivity index (χ4n) is 4.71. The monoisotopic (exact) mass is 411 g/mol. The van der Waals surface area contributed by atoms with Crippen LogP contribution in [0.4, 0.5) is 0 Å². The van der Waals surface area contributed by atoms with Crippen LogP contribution in [0, 0.1) is 6.92 Å². The lowest BCUT2D eigenvalue weighted by Crippen LogP contribution is -2.55. The molecule has 1 N–H and O–H groups in total. The van der Waals surface area contributed by atoms with Gasteiger partial charge >= 0.3 is 0 Å². The maximum Gasteiger partial charge on any atom is 0.274 e. The van der Waals surface area contributed by atoms with Crippen molar-refractivity contribution in [2.24, 2.45) is 0 Å². The van der Waals surface area contributed by atoms with Crippen molar-refractivity contribution in [3.05, 3.63) is 41.2 Å². The molecule has 3 aliphatic heterocycles. The number of piperidine rings is 1. The first-order chi connectivity index (χ1) is 14.7. The maximum atomic E-state index is 12.8. The molecule has 2 fully saturated rings. The number of likely N-dealkylation sites (tertiary alicyclic amines) is 1.